The summed E-state index contributed by atoms with van der Waals surface area (Å²) in [4.78, 5) is 31.6. The highest BCUT2D eigenvalue weighted by Gasteiger charge is 2.45. The second-order valence-electron chi connectivity index (χ2n) is 8.11. The number of hydrogen-bond donors (Lipinski definition) is 2. The Labute approximate surface area is 186 Å². The van der Waals surface area contributed by atoms with Crippen LogP contribution in [-0.2, 0) is 28.3 Å². The van der Waals surface area contributed by atoms with Gasteiger partial charge in [-0.1, -0.05) is 6.92 Å². The first kappa shape index (κ1) is 19.2. The van der Waals surface area contributed by atoms with Crippen LogP contribution in [0.3, 0.4) is 0 Å². The molecule has 6 rings (SSSR count). The molecule has 0 saturated carbocycles. The summed E-state index contributed by atoms with van der Waals surface area (Å²) in [5.41, 5.74) is 9.26. The van der Waals surface area contributed by atoms with Crippen molar-refractivity contribution in [2.24, 2.45) is 0 Å². The lowest BCUT2D eigenvalue weighted by Gasteiger charge is -2.31. The molecule has 0 amide bonds. The molecule has 3 aliphatic rings. The zero-order valence-corrected chi connectivity index (χ0v) is 18.1. The molecule has 0 aliphatic carbocycles. The van der Waals surface area contributed by atoms with Crippen LogP contribution in [0.15, 0.2) is 27.9 Å². The topological polar surface area (TPSA) is 107 Å². The highest BCUT2D eigenvalue weighted by atomic mass is 35.5. The van der Waals surface area contributed by atoms with Gasteiger partial charge in [-0.05, 0) is 30.2 Å². The van der Waals surface area contributed by atoms with Gasteiger partial charge in [0.25, 0.3) is 5.56 Å². The zero-order valence-electron chi connectivity index (χ0n) is 16.6. The van der Waals surface area contributed by atoms with Crippen LogP contribution in [0.4, 0.5) is 5.69 Å². The number of aliphatic hydroxyl groups is 1. The minimum absolute atomic E-state index is 0.106. The number of rotatable bonds is 1. The summed E-state index contributed by atoms with van der Waals surface area (Å²) in [6, 6.07) is 5.42. The number of alkyl halides is 1. The second kappa shape index (κ2) is 6.25. The summed E-state index contributed by atoms with van der Waals surface area (Å²) < 4.78 is 6.77. The smallest absolute Gasteiger partial charge is 0.343 e. The third kappa shape index (κ3) is 2.32. The Morgan fingerprint density at radius 1 is 1.39 bits per heavy atom. The number of carbonyl (C=O) groups excluding carboxylic acids is 1. The Morgan fingerprint density at radius 2 is 2.19 bits per heavy atom. The SMILES string of the molecule is CC[C@@]1(O)C(=O)OCc2c1cc1n(c2=O)Cc2c-1nc1ccc(N)c3c1c2C(Cl)CS3. The van der Waals surface area contributed by atoms with Crippen molar-refractivity contribution in [3.63, 3.8) is 0 Å². The molecule has 2 aromatic heterocycles. The molecule has 158 valence electrons. The highest BCUT2D eigenvalue weighted by Crippen LogP contribution is 2.50. The van der Waals surface area contributed by atoms with Gasteiger partial charge < -0.3 is 20.1 Å². The summed E-state index contributed by atoms with van der Waals surface area (Å²) in [5.74, 6) is -0.0573. The Bertz CT molecular complexity index is 1400. The predicted molar refractivity (Wildman–Crippen MR) is 118 cm³/mol. The van der Waals surface area contributed by atoms with E-state index in [2.05, 4.69) is 0 Å². The molecule has 0 radical (unpaired) electrons. The van der Waals surface area contributed by atoms with E-state index in [0.29, 0.717) is 40.5 Å². The standard InChI is InChI=1S/C22H18ClN3O4S/c1-2-22(29)11-5-15-18-9(6-26(15)20(27)10(11)7-30-21(22)28)16-12(23)8-31-19-13(24)3-4-14(25-18)17(16)19/h3-5,12,29H,2,6-8,24H2,1H3/t12?,22-/m0/s1. The molecule has 7 nitrogen and oxygen atoms in total. The number of aromatic nitrogens is 2. The van der Waals surface area contributed by atoms with E-state index in [9.17, 15) is 14.7 Å². The normalized spacial score (nSPS) is 23.3. The Kier molecular flexibility index (Phi) is 3.86. The van der Waals surface area contributed by atoms with E-state index in [1.807, 2.05) is 12.1 Å². The van der Waals surface area contributed by atoms with Gasteiger partial charge in [-0.2, -0.15) is 0 Å². The van der Waals surface area contributed by atoms with Crippen LogP contribution in [-0.4, -0.2) is 26.4 Å². The summed E-state index contributed by atoms with van der Waals surface area (Å²) in [6.07, 6.45) is 0.106. The van der Waals surface area contributed by atoms with E-state index in [1.165, 1.54) is 0 Å². The lowest BCUT2D eigenvalue weighted by molar-refractivity contribution is -0.172. The lowest BCUT2D eigenvalue weighted by Crippen LogP contribution is -2.44. The summed E-state index contributed by atoms with van der Waals surface area (Å²) in [6.45, 7) is 1.87. The first-order chi connectivity index (χ1) is 14.8. The number of nitrogens with zero attached hydrogens (tertiary/aromatic N) is 2. The molecule has 3 aromatic rings. The number of fused-ring (bicyclic) bond motifs is 5. The van der Waals surface area contributed by atoms with Gasteiger partial charge in [-0.15, -0.1) is 23.4 Å². The minimum Gasteiger partial charge on any atom is -0.458 e. The van der Waals surface area contributed by atoms with Gasteiger partial charge in [0, 0.05) is 32.8 Å². The van der Waals surface area contributed by atoms with Crippen LogP contribution in [0.1, 0.15) is 41.0 Å². The molecule has 0 fully saturated rings. The van der Waals surface area contributed by atoms with Crippen LogP contribution in [0.2, 0.25) is 0 Å². The fourth-order valence-electron chi connectivity index (χ4n) is 4.93. The van der Waals surface area contributed by atoms with Gasteiger partial charge >= 0.3 is 5.97 Å². The average molecular weight is 456 g/mol. The second-order valence-corrected chi connectivity index (χ2v) is 9.67. The van der Waals surface area contributed by atoms with Gasteiger partial charge in [0.05, 0.1) is 34.4 Å². The highest BCUT2D eigenvalue weighted by molar-refractivity contribution is 7.99. The number of benzene rings is 1. The lowest BCUT2D eigenvalue weighted by atomic mass is 9.86. The van der Waals surface area contributed by atoms with E-state index < -0.39 is 11.6 Å². The van der Waals surface area contributed by atoms with Crippen molar-refractivity contribution in [2.45, 2.75) is 42.4 Å². The Morgan fingerprint density at radius 3 is 2.97 bits per heavy atom. The molecule has 0 bridgehead atoms. The maximum Gasteiger partial charge on any atom is 0.343 e. The van der Waals surface area contributed by atoms with E-state index in [0.717, 1.165) is 26.9 Å². The number of nitrogens with two attached hydrogens (primary N) is 1. The monoisotopic (exact) mass is 455 g/mol. The maximum atomic E-state index is 13.4. The van der Waals surface area contributed by atoms with Gasteiger partial charge in [-0.3, -0.25) is 4.79 Å². The fourth-order valence-corrected chi connectivity index (χ4v) is 6.44. The quantitative estimate of drug-likeness (QED) is 0.258. The molecule has 9 heteroatoms. The molecule has 1 unspecified atom stereocenters. The van der Waals surface area contributed by atoms with Crippen molar-refractivity contribution in [2.75, 3.05) is 11.5 Å². The minimum atomic E-state index is -1.84. The van der Waals surface area contributed by atoms with Crippen molar-refractivity contribution in [1.82, 2.24) is 9.55 Å². The fraction of sp³-hybridized carbons (Fsp3) is 0.318. The number of carbonyl (C=O) groups is 1. The first-order valence-electron chi connectivity index (χ1n) is 10.0. The van der Waals surface area contributed by atoms with Gasteiger partial charge in [0.2, 0.25) is 0 Å². The molecular formula is C22H18ClN3O4S. The van der Waals surface area contributed by atoms with Crippen LogP contribution >= 0.6 is 23.4 Å². The number of pyridine rings is 2. The molecule has 3 aliphatic heterocycles. The summed E-state index contributed by atoms with van der Waals surface area (Å²) in [7, 11) is 0. The van der Waals surface area contributed by atoms with Crippen LogP contribution in [0, 0.1) is 0 Å². The third-order valence-electron chi connectivity index (χ3n) is 6.57. The average Bonchev–Trinajstić information content (AvgIpc) is 3.13. The number of anilines is 1. The number of esters is 1. The number of halogens is 1. The van der Waals surface area contributed by atoms with E-state index in [1.54, 1.807) is 29.3 Å². The number of nitrogen functional groups attached to an aromatic ring is 1. The third-order valence-corrected chi connectivity index (χ3v) is 8.35. The Hall–Kier alpha value is -2.55. The zero-order chi connectivity index (χ0) is 21.7. The number of cyclic esters (lactones) is 1. The first-order valence-corrected chi connectivity index (χ1v) is 11.5. The molecule has 1 aromatic carbocycles. The van der Waals surface area contributed by atoms with Crippen molar-refractivity contribution in [1.29, 1.82) is 0 Å². The molecule has 5 heterocycles. The van der Waals surface area contributed by atoms with E-state index in [4.69, 9.17) is 27.1 Å². The predicted octanol–water partition coefficient (Wildman–Crippen LogP) is 3.05. The summed E-state index contributed by atoms with van der Waals surface area (Å²) in [5, 5.41) is 11.7. The largest absolute Gasteiger partial charge is 0.458 e. The van der Waals surface area contributed by atoms with Crippen LogP contribution in [0.5, 0.6) is 0 Å². The van der Waals surface area contributed by atoms with Gasteiger partial charge in [0.15, 0.2) is 5.60 Å². The van der Waals surface area contributed by atoms with E-state index in [-0.39, 0.29) is 24.0 Å². The maximum absolute atomic E-state index is 13.4. The van der Waals surface area contributed by atoms with Gasteiger partial charge in [0.1, 0.15) is 6.61 Å². The number of ether oxygens (including phenoxy) is 1. The molecule has 31 heavy (non-hydrogen) atoms. The van der Waals surface area contributed by atoms with Crippen molar-refractivity contribution in [3.8, 4) is 11.4 Å². The van der Waals surface area contributed by atoms with Gasteiger partial charge in [-0.25, -0.2) is 9.78 Å². The van der Waals surface area contributed by atoms with Crippen LogP contribution in [0.25, 0.3) is 22.3 Å². The number of hydrogen-bond acceptors (Lipinski definition) is 7. The molecule has 0 spiro atoms. The van der Waals surface area contributed by atoms with Crippen molar-refractivity contribution >= 4 is 45.9 Å². The number of thioether (sulfide) groups is 1. The van der Waals surface area contributed by atoms with Crippen molar-refractivity contribution < 1.29 is 14.6 Å². The molecule has 0 saturated heterocycles. The molecule has 2 atom stereocenters. The Balaban J connectivity index is 1.69. The summed E-state index contributed by atoms with van der Waals surface area (Å²) >= 11 is 8.38. The molecular weight excluding hydrogens is 438 g/mol. The van der Waals surface area contributed by atoms with Crippen molar-refractivity contribution in [3.05, 3.63) is 50.8 Å². The molecule has 3 N–H and O–H groups in total. The van der Waals surface area contributed by atoms with E-state index >= 15 is 0 Å². The van der Waals surface area contributed by atoms with Crippen LogP contribution < -0.4 is 11.3 Å².